The van der Waals surface area contributed by atoms with Gasteiger partial charge < -0.3 is 5.11 Å². The Hall–Kier alpha value is -0.530. The van der Waals surface area contributed by atoms with Crippen molar-refractivity contribution in [2.45, 2.75) is 52.9 Å². The van der Waals surface area contributed by atoms with Crippen LogP contribution in [-0.2, 0) is 4.79 Å². The van der Waals surface area contributed by atoms with E-state index in [4.69, 9.17) is 5.11 Å². The van der Waals surface area contributed by atoms with E-state index in [2.05, 4.69) is 13.8 Å². The second kappa shape index (κ2) is 5.53. The predicted molar refractivity (Wildman–Crippen MR) is 61.7 cm³/mol. The van der Waals surface area contributed by atoms with Crippen molar-refractivity contribution in [3.63, 3.8) is 0 Å². The van der Waals surface area contributed by atoms with Gasteiger partial charge in [-0.2, -0.15) is 0 Å². The van der Waals surface area contributed by atoms with Gasteiger partial charge in [0.05, 0.1) is 5.92 Å². The molecule has 2 heteroatoms. The molecule has 2 nitrogen and oxygen atoms in total. The summed E-state index contributed by atoms with van der Waals surface area (Å²) in [4.78, 5) is 11.1. The molecule has 0 radical (unpaired) electrons. The maximum atomic E-state index is 11.1. The lowest BCUT2D eigenvalue weighted by atomic mass is 9.67. The lowest BCUT2D eigenvalue weighted by Crippen LogP contribution is -2.33. The van der Waals surface area contributed by atoms with Gasteiger partial charge >= 0.3 is 5.97 Å². The Bertz CT molecular complexity index is 213. The van der Waals surface area contributed by atoms with Gasteiger partial charge in [-0.25, -0.2) is 0 Å². The van der Waals surface area contributed by atoms with Gasteiger partial charge in [0, 0.05) is 0 Å². The van der Waals surface area contributed by atoms with E-state index in [1.165, 1.54) is 25.7 Å². The highest BCUT2D eigenvalue weighted by molar-refractivity contribution is 5.69. The van der Waals surface area contributed by atoms with Gasteiger partial charge in [-0.05, 0) is 30.6 Å². The fraction of sp³-hybridized carbons (Fsp3) is 0.923. The number of hydrogen-bond acceptors (Lipinski definition) is 1. The highest BCUT2D eigenvalue weighted by Crippen LogP contribution is 2.40. The maximum absolute atomic E-state index is 11.1. The van der Waals surface area contributed by atoms with Gasteiger partial charge in [0.25, 0.3) is 0 Å². The highest BCUT2D eigenvalue weighted by Gasteiger charge is 2.35. The van der Waals surface area contributed by atoms with Crippen molar-refractivity contribution in [2.75, 3.05) is 0 Å². The molecule has 1 fully saturated rings. The molecule has 1 N–H and O–H groups in total. The van der Waals surface area contributed by atoms with Crippen LogP contribution < -0.4 is 0 Å². The maximum Gasteiger partial charge on any atom is 0.306 e. The summed E-state index contributed by atoms with van der Waals surface area (Å²) in [5, 5.41) is 9.11. The molecule has 1 aliphatic rings. The van der Waals surface area contributed by atoms with Gasteiger partial charge in [0.2, 0.25) is 0 Å². The molecule has 88 valence electrons. The number of carboxylic acids is 1. The van der Waals surface area contributed by atoms with Crippen LogP contribution in [0.3, 0.4) is 0 Å². The third-order valence-electron chi connectivity index (χ3n) is 4.28. The van der Waals surface area contributed by atoms with Crippen molar-refractivity contribution in [1.29, 1.82) is 0 Å². The smallest absolute Gasteiger partial charge is 0.306 e. The standard InChI is InChI=1S/C13H24O2/c1-4-9(2)11-7-5-6-8-12(11)10(3)13(14)15/h9-12H,4-8H2,1-3H3,(H,14,15). The van der Waals surface area contributed by atoms with Crippen molar-refractivity contribution in [3.05, 3.63) is 0 Å². The molecule has 0 saturated heterocycles. The Morgan fingerprint density at radius 3 is 2.27 bits per heavy atom. The molecule has 0 aromatic rings. The van der Waals surface area contributed by atoms with Crippen LogP contribution in [-0.4, -0.2) is 11.1 Å². The first-order valence-electron chi connectivity index (χ1n) is 6.30. The SMILES string of the molecule is CCC(C)C1CCCCC1C(C)C(=O)O. The van der Waals surface area contributed by atoms with E-state index in [0.717, 1.165) is 6.42 Å². The van der Waals surface area contributed by atoms with Gasteiger partial charge in [0.15, 0.2) is 0 Å². The summed E-state index contributed by atoms with van der Waals surface area (Å²) in [5.74, 6) is 0.942. The van der Waals surface area contributed by atoms with Gasteiger partial charge in [-0.3, -0.25) is 4.79 Å². The molecule has 0 amide bonds. The molecule has 0 spiro atoms. The molecule has 0 heterocycles. The third kappa shape index (κ3) is 2.96. The van der Waals surface area contributed by atoms with Crippen molar-refractivity contribution in [1.82, 2.24) is 0 Å². The number of rotatable bonds is 4. The van der Waals surface area contributed by atoms with E-state index in [1.54, 1.807) is 0 Å². The normalized spacial score (nSPS) is 30.9. The lowest BCUT2D eigenvalue weighted by molar-refractivity contribution is -0.144. The second-order valence-electron chi connectivity index (χ2n) is 5.12. The first kappa shape index (κ1) is 12.5. The van der Waals surface area contributed by atoms with Crippen LogP contribution in [0.25, 0.3) is 0 Å². The Kier molecular flexibility index (Phi) is 4.62. The monoisotopic (exact) mass is 212 g/mol. The molecule has 15 heavy (non-hydrogen) atoms. The summed E-state index contributed by atoms with van der Waals surface area (Å²) in [6, 6.07) is 0. The summed E-state index contributed by atoms with van der Waals surface area (Å²) in [6.45, 7) is 6.37. The summed E-state index contributed by atoms with van der Waals surface area (Å²) >= 11 is 0. The van der Waals surface area contributed by atoms with Crippen molar-refractivity contribution in [3.8, 4) is 0 Å². The zero-order chi connectivity index (χ0) is 11.4. The third-order valence-corrected chi connectivity index (χ3v) is 4.28. The molecule has 0 aliphatic heterocycles. The summed E-state index contributed by atoms with van der Waals surface area (Å²) < 4.78 is 0. The van der Waals surface area contributed by atoms with Crippen LogP contribution in [0.1, 0.15) is 52.9 Å². The van der Waals surface area contributed by atoms with Crippen molar-refractivity contribution >= 4 is 5.97 Å². The summed E-state index contributed by atoms with van der Waals surface area (Å²) in [6.07, 6.45) is 6.03. The minimum absolute atomic E-state index is 0.163. The molecule has 0 aromatic heterocycles. The number of carboxylic acid groups (broad SMARTS) is 1. The van der Waals surface area contributed by atoms with Crippen molar-refractivity contribution < 1.29 is 9.90 Å². The Balaban J connectivity index is 2.69. The number of carbonyl (C=O) groups is 1. The molecule has 1 rings (SSSR count). The van der Waals surface area contributed by atoms with Gasteiger partial charge in [-0.15, -0.1) is 0 Å². The van der Waals surface area contributed by atoms with Crippen LogP contribution in [0.15, 0.2) is 0 Å². The lowest BCUT2D eigenvalue weighted by Gasteiger charge is -2.37. The molecule has 0 bridgehead atoms. The molecular formula is C13H24O2. The van der Waals surface area contributed by atoms with Crippen LogP contribution in [0.5, 0.6) is 0 Å². The molecule has 1 aliphatic carbocycles. The van der Waals surface area contributed by atoms with E-state index in [-0.39, 0.29) is 5.92 Å². The topological polar surface area (TPSA) is 37.3 Å². The average Bonchev–Trinajstić information content (AvgIpc) is 2.27. The van der Waals surface area contributed by atoms with Crippen LogP contribution in [0.4, 0.5) is 0 Å². The number of hydrogen-bond donors (Lipinski definition) is 1. The Morgan fingerprint density at radius 1 is 1.27 bits per heavy atom. The summed E-state index contributed by atoms with van der Waals surface area (Å²) in [7, 11) is 0. The van der Waals surface area contributed by atoms with Gasteiger partial charge in [0.1, 0.15) is 0 Å². The van der Waals surface area contributed by atoms with Gasteiger partial charge in [-0.1, -0.05) is 40.0 Å². The van der Waals surface area contributed by atoms with E-state index < -0.39 is 5.97 Å². The van der Waals surface area contributed by atoms with Crippen LogP contribution in [0.2, 0.25) is 0 Å². The largest absolute Gasteiger partial charge is 0.481 e. The van der Waals surface area contributed by atoms with Crippen LogP contribution in [0, 0.1) is 23.7 Å². The van der Waals surface area contributed by atoms with Crippen LogP contribution >= 0.6 is 0 Å². The first-order chi connectivity index (χ1) is 7.07. The Morgan fingerprint density at radius 2 is 1.80 bits per heavy atom. The molecule has 1 saturated carbocycles. The van der Waals surface area contributed by atoms with E-state index in [0.29, 0.717) is 17.8 Å². The molecule has 4 unspecified atom stereocenters. The van der Waals surface area contributed by atoms with Crippen molar-refractivity contribution in [2.24, 2.45) is 23.7 Å². The minimum Gasteiger partial charge on any atom is -0.481 e. The summed E-state index contributed by atoms with van der Waals surface area (Å²) in [5.41, 5.74) is 0. The first-order valence-corrected chi connectivity index (χ1v) is 6.30. The van der Waals surface area contributed by atoms with E-state index in [1.807, 2.05) is 6.92 Å². The zero-order valence-corrected chi connectivity index (χ0v) is 10.2. The quantitative estimate of drug-likeness (QED) is 0.773. The fourth-order valence-electron chi connectivity index (χ4n) is 3.00. The Labute approximate surface area is 93.1 Å². The average molecular weight is 212 g/mol. The molecule has 0 aromatic carbocycles. The minimum atomic E-state index is -0.616. The predicted octanol–water partition coefficient (Wildman–Crippen LogP) is 3.56. The van der Waals surface area contributed by atoms with E-state index >= 15 is 0 Å². The zero-order valence-electron chi connectivity index (χ0n) is 10.2. The second-order valence-corrected chi connectivity index (χ2v) is 5.12. The number of aliphatic carboxylic acids is 1. The highest BCUT2D eigenvalue weighted by atomic mass is 16.4. The fourth-order valence-corrected chi connectivity index (χ4v) is 3.00. The van der Waals surface area contributed by atoms with E-state index in [9.17, 15) is 4.79 Å². The molecule has 4 atom stereocenters. The molecular weight excluding hydrogens is 188 g/mol.